The van der Waals surface area contributed by atoms with Crippen molar-refractivity contribution in [3.05, 3.63) is 157 Å². The van der Waals surface area contributed by atoms with Gasteiger partial charge in [0.15, 0.2) is 5.58 Å². The molecule has 0 fully saturated rings. The van der Waals surface area contributed by atoms with E-state index in [-0.39, 0.29) is 0 Å². The molecule has 0 unspecified atom stereocenters. The van der Waals surface area contributed by atoms with Gasteiger partial charge in [-0.15, -0.1) is 0 Å². The number of furan rings is 1. The van der Waals surface area contributed by atoms with Gasteiger partial charge in [-0.1, -0.05) is 103 Å². The van der Waals surface area contributed by atoms with Gasteiger partial charge in [0.1, 0.15) is 5.76 Å². The molecular formula is C39H28N2O. The van der Waals surface area contributed by atoms with Gasteiger partial charge < -0.3 is 14.6 Å². The monoisotopic (exact) mass is 540 g/mol. The second-order valence-corrected chi connectivity index (χ2v) is 10.7. The van der Waals surface area contributed by atoms with Crippen LogP contribution in [0.2, 0.25) is 0 Å². The first-order valence-electron chi connectivity index (χ1n) is 14.3. The van der Waals surface area contributed by atoms with Crippen LogP contribution < -0.4 is 10.2 Å². The maximum atomic E-state index is 6.52. The summed E-state index contributed by atoms with van der Waals surface area (Å²) >= 11 is 0. The lowest BCUT2D eigenvalue weighted by molar-refractivity contribution is 0.592. The van der Waals surface area contributed by atoms with Crippen molar-refractivity contribution in [1.29, 1.82) is 0 Å². The van der Waals surface area contributed by atoms with Gasteiger partial charge in [0.2, 0.25) is 0 Å². The predicted molar refractivity (Wildman–Crippen MR) is 175 cm³/mol. The van der Waals surface area contributed by atoms with E-state index in [2.05, 4.69) is 150 Å². The summed E-state index contributed by atoms with van der Waals surface area (Å²) in [5.74, 6) is 0.919. The minimum atomic E-state index is 0.758. The quantitative estimate of drug-likeness (QED) is 0.235. The van der Waals surface area contributed by atoms with Gasteiger partial charge in [-0.05, 0) is 75.5 Å². The van der Waals surface area contributed by atoms with Crippen molar-refractivity contribution in [2.24, 2.45) is 0 Å². The molecule has 3 heteroatoms. The zero-order valence-corrected chi connectivity index (χ0v) is 23.0. The zero-order chi connectivity index (χ0) is 27.9. The molecule has 6 aromatic carbocycles. The summed E-state index contributed by atoms with van der Waals surface area (Å²) in [6.07, 6.45) is 3.97. The molecule has 1 aliphatic heterocycles. The predicted octanol–water partition coefficient (Wildman–Crippen LogP) is 10.5. The summed E-state index contributed by atoms with van der Waals surface area (Å²) in [5, 5.41) is 6.87. The second-order valence-electron chi connectivity index (χ2n) is 10.7. The van der Waals surface area contributed by atoms with Crippen LogP contribution in [-0.4, -0.2) is 0 Å². The molecule has 1 aromatic heterocycles. The van der Waals surface area contributed by atoms with E-state index in [0.717, 1.165) is 40.3 Å². The molecule has 42 heavy (non-hydrogen) atoms. The Labute approximate surface area is 245 Å². The third-order valence-electron chi connectivity index (χ3n) is 8.12. The average molecular weight is 541 g/mol. The van der Waals surface area contributed by atoms with Crippen molar-refractivity contribution in [3.8, 4) is 22.3 Å². The lowest BCUT2D eigenvalue weighted by Crippen LogP contribution is -2.10. The Morgan fingerprint density at radius 3 is 1.98 bits per heavy atom. The largest absolute Gasteiger partial charge is 0.454 e. The van der Waals surface area contributed by atoms with E-state index in [9.17, 15) is 0 Å². The molecule has 0 radical (unpaired) electrons. The van der Waals surface area contributed by atoms with Gasteiger partial charge in [0.05, 0.1) is 5.69 Å². The van der Waals surface area contributed by atoms with E-state index in [1.807, 2.05) is 12.3 Å². The average Bonchev–Trinajstić information content (AvgIpc) is 3.45. The summed E-state index contributed by atoms with van der Waals surface area (Å²) in [4.78, 5) is 2.31. The van der Waals surface area contributed by atoms with Gasteiger partial charge in [-0.2, -0.15) is 0 Å². The molecule has 0 spiro atoms. The van der Waals surface area contributed by atoms with Crippen molar-refractivity contribution in [3.63, 3.8) is 0 Å². The maximum Gasteiger partial charge on any atom is 0.159 e. The second kappa shape index (κ2) is 10.1. The molecule has 0 atom stereocenters. The molecule has 7 aromatic rings. The number of fused-ring (bicyclic) bond motifs is 4. The van der Waals surface area contributed by atoms with Crippen molar-refractivity contribution < 1.29 is 4.42 Å². The Morgan fingerprint density at radius 2 is 1.19 bits per heavy atom. The summed E-state index contributed by atoms with van der Waals surface area (Å²) < 4.78 is 6.52. The van der Waals surface area contributed by atoms with Gasteiger partial charge in [-0.3, -0.25) is 0 Å². The summed E-state index contributed by atoms with van der Waals surface area (Å²) in [5.41, 5.74) is 10.1. The normalized spacial score (nSPS) is 12.3. The zero-order valence-electron chi connectivity index (χ0n) is 23.0. The molecule has 2 heterocycles. The van der Waals surface area contributed by atoms with Crippen LogP contribution in [0.15, 0.2) is 150 Å². The Kier molecular flexibility index (Phi) is 5.86. The lowest BCUT2D eigenvalue weighted by Gasteiger charge is -2.26. The lowest BCUT2D eigenvalue weighted by atomic mass is 10.0. The van der Waals surface area contributed by atoms with Crippen LogP contribution in [0.3, 0.4) is 0 Å². The van der Waals surface area contributed by atoms with E-state index in [1.165, 1.54) is 38.6 Å². The molecular weight excluding hydrogens is 512 g/mol. The fourth-order valence-corrected chi connectivity index (χ4v) is 6.01. The van der Waals surface area contributed by atoms with Crippen molar-refractivity contribution >= 4 is 44.9 Å². The number of nitrogens with one attached hydrogen (secondary N) is 1. The number of hydrogen-bond donors (Lipinski definition) is 1. The number of nitrogens with zero attached hydrogens (tertiary/aromatic N) is 1. The molecule has 0 bridgehead atoms. The topological polar surface area (TPSA) is 28.4 Å². The van der Waals surface area contributed by atoms with E-state index in [0.29, 0.717) is 0 Å². The van der Waals surface area contributed by atoms with Crippen LogP contribution in [0.25, 0.3) is 50.1 Å². The van der Waals surface area contributed by atoms with Crippen molar-refractivity contribution in [2.45, 2.75) is 6.54 Å². The number of rotatable bonds is 5. The number of benzene rings is 6. The fourth-order valence-electron chi connectivity index (χ4n) is 6.01. The van der Waals surface area contributed by atoms with E-state index < -0.39 is 0 Å². The number of hydrogen-bond acceptors (Lipinski definition) is 3. The molecule has 0 aliphatic carbocycles. The Bertz CT molecular complexity index is 2070. The Balaban J connectivity index is 1.28. The molecule has 0 saturated carbocycles. The molecule has 1 aliphatic rings. The molecule has 200 valence electrons. The molecule has 8 rings (SSSR count). The third kappa shape index (κ3) is 4.23. The van der Waals surface area contributed by atoms with Crippen molar-refractivity contribution in [1.82, 2.24) is 5.32 Å². The highest BCUT2D eigenvalue weighted by atomic mass is 16.3. The van der Waals surface area contributed by atoms with Crippen LogP contribution >= 0.6 is 0 Å². The van der Waals surface area contributed by atoms with Crippen LogP contribution in [0.1, 0.15) is 11.3 Å². The third-order valence-corrected chi connectivity index (χ3v) is 8.12. The van der Waals surface area contributed by atoms with Gasteiger partial charge in [0.25, 0.3) is 0 Å². The summed E-state index contributed by atoms with van der Waals surface area (Å²) in [7, 11) is 0. The van der Waals surface area contributed by atoms with Gasteiger partial charge in [0, 0.05) is 35.1 Å². The molecule has 1 N–H and O–H groups in total. The Morgan fingerprint density at radius 1 is 0.548 bits per heavy atom. The highest BCUT2D eigenvalue weighted by molar-refractivity contribution is 6.00. The first kappa shape index (κ1) is 24.3. The molecule has 3 nitrogen and oxygen atoms in total. The fraction of sp³-hybridized carbons (Fsp3) is 0.0256. The standard InChI is InChI=1S/C39H28N2O/c1-3-8-27(9-4-1)29-16-19-33(20-17-29)41(37-13-7-12-35-36-26-40-23-22-38(36)42-39(35)37)34-21-18-31-24-30(14-15-32(31)25-34)28-10-5-2-6-11-28/h1-25,40H,26H2. The van der Waals surface area contributed by atoms with Crippen LogP contribution in [0.5, 0.6) is 0 Å². The highest BCUT2D eigenvalue weighted by Gasteiger charge is 2.22. The first-order valence-corrected chi connectivity index (χ1v) is 14.3. The SMILES string of the molecule is C1=Cc2oc3c(N(c4ccc(-c5ccccc5)cc4)c4ccc5cc(-c6ccccc6)ccc5c4)cccc3c2CN1. The smallest absolute Gasteiger partial charge is 0.159 e. The summed E-state index contributed by atoms with van der Waals surface area (Å²) in [6.45, 7) is 0.758. The molecule has 0 amide bonds. The van der Waals surface area contributed by atoms with Crippen LogP contribution in [-0.2, 0) is 6.54 Å². The van der Waals surface area contributed by atoms with E-state index in [4.69, 9.17) is 4.42 Å². The van der Waals surface area contributed by atoms with Gasteiger partial charge in [-0.25, -0.2) is 0 Å². The molecule has 0 saturated heterocycles. The minimum Gasteiger partial charge on any atom is -0.454 e. The summed E-state index contributed by atoms with van der Waals surface area (Å²) in [6, 6.07) is 49.7. The van der Waals surface area contributed by atoms with E-state index in [1.54, 1.807) is 0 Å². The van der Waals surface area contributed by atoms with Crippen molar-refractivity contribution in [2.75, 3.05) is 4.90 Å². The van der Waals surface area contributed by atoms with Crippen LogP contribution in [0, 0.1) is 0 Å². The first-order chi connectivity index (χ1) is 20.8. The maximum absolute atomic E-state index is 6.52. The van der Waals surface area contributed by atoms with Crippen LogP contribution in [0.4, 0.5) is 17.1 Å². The Hall–Kier alpha value is -5.54. The highest BCUT2D eigenvalue weighted by Crippen LogP contribution is 2.43. The van der Waals surface area contributed by atoms with E-state index >= 15 is 0 Å². The minimum absolute atomic E-state index is 0.758. The number of anilines is 3. The van der Waals surface area contributed by atoms with Gasteiger partial charge >= 0.3 is 0 Å². The number of para-hydroxylation sites is 1.